The van der Waals surface area contributed by atoms with Crippen LogP contribution in [-0.4, -0.2) is 16.9 Å². The molecule has 0 spiro atoms. The van der Waals surface area contributed by atoms with Crippen molar-refractivity contribution in [2.75, 3.05) is 11.1 Å². The van der Waals surface area contributed by atoms with Crippen LogP contribution in [0.2, 0.25) is 0 Å². The zero-order chi connectivity index (χ0) is 12.3. The van der Waals surface area contributed by atoms with Gasteiger partial charge >= 0.3 is 0 Å². The molecule has 0 radical (unpaired) electrons. The summed E-state index contributed by atoms with van der Waals surface area (Å²) in [5, 5.41) is 11.8. The molecular formula is C12H11BrN2OS. The van der Waals surface area contributed by atoms with Gasteiger partial charge in [0, 0.05) is 4.47 Å². The zero-order valence-electron chi connectivity index (χ0n) is 9.07. The molecule has 0 aromatic heterocycles. The van der Waals surface area contributed by atoms with Crippen molar-refractivity contribution in [1.29, 1.82) is 5.26 Å². The van der Waals surface area contributed by atoms with Crippen molar-refractivity contribution in [1.82, 2.24) is 0 Å². The van der Waals surface area contributed by atoms with Crippen LogP contribution in [0.1, 0.15) is 18.4 Å². The van der Waals surface area contributed by atoms with E-state index in [-0.39, 0.29) is 11.2 Å². The summed E-state index contributed by atoms with van der Waals surface area (Å²) in [7, 11) is 0. The normalized spacial score (nSPS) is 18.7. The smallest absolute Gasteiger partial charge is 0.237 e. The molecule has 1 unspecified atom stereocenters. The maximum absolute atomic E-state index is 11.9. The Hall–Kier alpha value is -0.990. The van der Waals surface area contributed by atoms with E-state index in [4.69, 9.17) is 5.26 Å². The molecule has 1 aromatic carbocycles. The van der Waals surface area contributed by atoms with Gasteiger partial charge in [0.1, 0.15) is 6.07 Å². The Labute approximate surface area is 113 Å². The first kappa shape index (κ1) is 12.5. The molecular weight excluding hydrogens is 300 g/mol. The van der Waals surface area contributed by atoms with Gasteiger partial charge in [0.15, 0.2) is 0 Å². The fourth-order valence-corrected chi connectivity index (χ4v) is 3.24. The second-order valence-electron chi connectivity index (χ2n) is 3.79. The first-order valence-electron chi connectivity index (χ1n) is 5.33. The minimum atomic E-state index is 0.00194. The van der Waals surface area contributed by atoms with Gasteiger partial charge in [-0.3, -0.25) is 4.79 Å². The van der Waals surface area contributed by atoms with Gasteiger partial charge in [-0.15, -0.1) is 11.8 Å². The van der Waals surface area contributed by atoms with Crippen LogP contribution in [0.25, 0.3) is 0 Å². The van der Waals surface area contributed by atoms with Crippen molar-refractivity contribution in [3.05, 3.63) is 28.2 Å². The largest absolute Gasteiger partial charge is 0.324 e. The molecule has 0 aliphatic carbocycles. The first-order chi connectivity index (χ1) is 8.20. The van der Waals surface area contributed by atoms with E-state index < -0.39 is 0 Å². The molecule has 1 aliphatic heterocycles. The standard InChI is InChI=1S/C12H11BrN2OS/c13-9-4-3-8(7-14)10(6-9)15-12(16)11-2-1-5-17-11/h3-4,6,11H,1-2,5H2,(H,15,16). The molecule has 1 saturated heterocycles. The van der Waals surface area contributed by atoms with Crippen molar-refractivity contribution in [2.24, 2.45) is 0 Å². The summed E-state index contributed by atoms with van der Waals surface area (Å²) in [4.78, 5) is 11.9. The molecule has 1 heterocycles. The van der Waals surface area contributed by atoms with Gasteiger partial charge < -0.3 is 5.32 Å². The molecule has 17 heavy (non-hydrogen) atoms. The average Bonchev–Trinajstić information content (AvgIpc) is 2.83. The van der Waals surface area contributed by atoms with Crippen LogP contribution in [0.5, 0.6) is 0 Å². The number of nitriles is 1. The van der Waals surface area contributed by atoms with E-state index >= 15 is 0 Å². The summed E-state index contributed by atoms with van der Waals surface area (Å²) < 4.78 is 0.853. The van der Waals surface area contributed by atoms with E-state index in [1.165, 1.54) is 0 Å². The molecule has 1 aromatic rings. The van der Waals surface area contributed by atoms with Gasteiger partial charge in [-0.25, -0.2) is 0 Å². The molecule has 1 aliphatic rings. The summed E-state index contributed by atoms with van der Waals surface area (Å²) in [6.45, 7) is 0. The number of halogens is 1. The lowest BCUT2D eigenvalue weighted by molar-refractivity contribution is -0.115. The summed E-state index contributed by atoms with van der Waals surface area (Å²) >= 11 is 5.01. The Balaban J connectivity index is 2.15. The van der Waals surface area contributed by atoms with Crippen molar-refractivity contribution < 1.29 is 4.79 Å². The van der Waals surface area contributed by atoms with Gasteiger partial charge in [-0.2, -0.15) is 5.26 Å². The lowest BCUT2D eigenvalue weighted by Crippen LogP contribution is -2.23. The van der Waals surface area contributed by atoms with Gasteiger partial charge in [-0.05, 0) is 36.8 Å². The molecule has 88 valence electrons. The van der Waals surface area contributed by atoms with E-state index in [1.54, 1.807) is 30.0 Å². The number of hydrogen-bond acceptors (Lipinski definition) is 3. The Morgan fingerprint density at radius 2 is 2.41 bits per heavy atom. The molecule has 3 nitrogen and oxygen atoms in total. The highest BCUT2D eigenvalue weighted by molar-refractivity contribution is 9.10. The summed E-state index contributed by atoms with van der Waals surface area (Å²) in [5.74, 6) is 1.05. The van der Waals surface area contributed by atoms with Crippen molar-refractivity contribution in [2.45, 2.75) is 18.1 Å². The first-order valence-corrected chi connectivity index (χ1v) is 7.17. The van der Waals surface area contributed by atoms with Crippen LogP contribution in [0.3, 0.4) is 0 Å². The quantitative estimate of drug-likeness (QED) is 0.913. The molecule has 1 amide bonds. The van der Waals surface area contributed by atoms with E-state index in [1.807, 2.05) is 0 Å². The Bertz CT molecular complexity index is 478. The second kappa shape index (κ2) is 5.56. The molecule has 1 N–H and O–H groups in total. The highest BCUT2D eigenvalue weighted by atomic mass is 79.9. The maximum atomic E-state index is 11.9. The monoisotopic (exact) mass is 310 g/mol. The number of benzene rings is 1. The number of anilines is 1. The van der Waals surface area contributed by atoms with Gasteiger partial charge in [0.2, 0.25) is 5.91 Å². The van der Waals surface area contributed by atoms with E-state index in [2.05, 4.69) is 27.3 Å². The van der Waals surface area contributed by atoms with Crippen molar-refractivity contribution in [3.8, 4) is 6.07 Å². The summed E-state index contributed by atoms with van der Waals surface area (Å²) in [5.41, 5.74) is 1.07. The molecule has 5 heteroatoms. The molecule has 2 rings (SSSR count). The number of carbonyl (C=O) groups excluding carboxylic acids is 1. The molecule has 1 fully saturated rings. The molecule has 0 saturated carbocycles. The zero-order valence-corrected chi connectivity index (χ0v) is 11.5. The number of hydrogen-bond donors (Lipinski definition) is 1. The lowest BCUT2D eigenvalue weighted by atomic mass is 10.2. The van der Waals surface area contributed by atoms with E-state index in [0.29, 0.717) is 11.3 Å². The Kier molecular flexibility index (Phi) is 4.08. The highest BCUT2D eigenvalue weighted by Gasteiger charge is 2.23. The number of nitrogens with zero attached hydrogens (tertiary/aromatic N) is 1. The van der Waals surface area contributed by atoms with Crippen LogP contribution < -0.4 is 5.32 Å². The topological polar surface area (TPSA) is 52.9 Å². The fourth-order valence-electron chi connectivity index (χ4n) is 1.72. The van der Waals surface area contributed by atoms with Crippen molar-refractivity contribution in [3.63, 3.8) is 0 Å². The van der Waals surface area contributed by atoms with Crippen LogP contribution >= 0.6 is 27.7 Å². The highest BCUT2D eigenvalue weighted by Crippen LogP contribution is 2.28. The van der Waals surface area contributed by atoms with Crippen LogP contribution in [0.15, 0.2) is 22.7 Å². The van der Waals surface area contributed by atoms with Crippen molar-refractivity contribution >= 4 is 39.3 Å². The number of amides is 1. The Morgan fingerprint density at radius 3 is 3.06 bits per heavy atom. The predicted molar refractivity (Wildman–Crippen MR) is 73.0 cm³/mol. The van der Waals surface area contributed by atoms with Gasteiger partial charge in [-0.1, -0.05) is 15.9 Å². The third-order valence-electron chi connectivity index (χ3n) is 2.58. The van der Waals surface area contributed by atoms with Gasteiger partial charge in [0.05, 0.1) is 16.5 Å². The average molecular weight is 311 g/mol. The second-order valence-corrected chi connectivity index (χ2v) is 6.02. The minimum absolute atomic E-state index is 0.00194. The number of nitrogens with one attached hydrogen (secondary N) is 1. The van der Waals surface area contributed by atoms with Crippen LogP contribution in [0, 0.1) is 11.3 Å². The SMILES string of the molecule is N#Cc1ccc(Br)cc1NC(=O)C1CCCS1. The summed E-state index contributed by atoms with van der Waals surface area (Å²) in [6.07, 6.45) is 2.01. The molecule has 0 bridgehead atoms. The molecule has 1 atom stereocenters. The minimum Gasteiger partial charge on any atom is -0.324 e. The number of rotatable bonds is 2. The summed E-state index contributed by atoms with van der Waals surface area (Å²) in [6, 6.07) is 7.32. The predicted octanol–water partition coefficient (Wildman–Crippen LogP) is 3.15. The number of carbonyl (C=O) groups is 1. The van der Waals surface area contributed by atoms with Crippen LogP contribution in [0.4, 0.5) is 5.69 Å². The fraction of sp³-hybridized carbons (Fsp3) is 0.333. The van der Waals surface area contributed by atoms with Crippen LogP contribution in [-0.2, 0) is 4.79 Å². The Morgan fingerprint density at radius 1 is 1.59 bits per heavy atom. The lowest BCUT2D eigenvalue weighted by Gasteiger charge is -2.11. The van der Waals surface area contributed by atoms with Gasteiger partial charge in [0.25, 0.3) is 0 Å². The third kappa shape index (κ3) is 3.02. The third-order valence-corrected chi connectivity index (χ3v) is 4.45. The van der Waals surface area contributed by atoms with E-state index in [9.17, 15) is 4.79 Å². The maximum Gasteiger partial charge on any atom is 0.237 e. The van der Waals surface area contributed by atoms with E-state index in [0.717, 1.165) is 23.1 Å². The number of thioether (sulfide) groups is 1.